The third kappa shape index (κ3) is 4.56. The second-order valence-corrected chi connectivity index (χ2v) is 5.69. The van der Waals surface area contributed by atoms with E-state index in [-0.39, 0.29) is 11.3 Å². The molecule has 0 atom stereocenters. The molecule has 0 radical (unpaired) electrons. The number of hydrogen-bond donors (Lipinski definition) is 3. The number of aromatic hydroxyl groups is 3. The number of rotatable bonds is 7. The Morgan fingerprint density at radius 3 is 2.28 bits per heavy atom. The van der Waals surface area contributed by atoms with Gasteiger partial charge in [0.1, 0.15) is 0 Å². The van der Waals surface area contributed by atoms with Crippen molar-refractivity contribution in [3.05, 3.63) is 41.5 Å². The summed E-state index contributed by atoms with van der Waals surface area (Å²) in [7, 11) is 1.49. The van der Waals surface area contributed by atoms with Crippen molar-refractivity contribution in [1.82, 2.24) is 0 Å². The summed E-state index contributed by atoms with van der Waals surface area (Å²) in [4.78, 5) is 12.2. The van der Waals surface area contributed by atoms with Crippen molar-refractivity contribution in [3.63, 3.8) is 0 Å². The number of hydrogen-bond acceptors (Lipinski definition) is 6. The Balaban J connectivity index is 2.17. The first-order chi connectivity index (χ1) is 12.0. The number of benzene rings is 2. The number of carbonyl (C=O) groups excluding carboxylic acids is 1. The van der Waals surface area contributed by atoms with E-state index in [0.29, 0.717) is 5.75 Å². The van der Waals surface area contributed by atoms with E-state index in [0.717, 1.165) is 43.4 Å². The van der Waals surface area contributed by atoms with E-state index in [2.05, 4.69) is 6.92 Å². The summed E-state index contributed by atoms with van der Waals surface area (Å²) < 4.78 is 10.6. The molecule has 2 aromatic carbocycles. The molecular formula is C19H22O6. The highest BCUT2D eigenvalue weighted by atomic mass is 16.6. The average Bonchev–Trinajstić information content (AvgIpc) is 2.60. The third-order valence-corrected chi connectivity index (χ3v) is 3.81. The number of aryl methyl sites for hydroxylation is 1. The zero-order chi connectivity index (χ0) is 18.4. The highest BCUT2D eigenvalue weighted by Crippen LogP contribution is 2.36. The number of phenols is 3. The van der Waals surface area contributed by atoms with E-state index in [1.807, 2.05) is 12.1 Å². The lowest BCUT2D eigenvalue weighted by molar-refractivity contribution is 0.0728. The molecule has 25 heavy (non-hydrogen) atoms. The van der Waals surface area contributed by atoms with Gasteiger partial charge < -0.3 is 24.8 Å². The summed E-state index contributed by atoms with van der Waals surface area (Å²) in [5.74, 6) is -2.03. The maximum Gasteiger partial charge on any atom is 0.343 e. The molecule has 0 aliphatic rings. The van der Waals surface area contributed by atoms with Gasteiger partial charge >= 0.3 is 5.97 Å². The van der Waals surface area contributed by atoms with Gasteiger partial charge in [-0.15, -0.1) is 0 Å². The zero-order valence-electron chi connectivity index (χ0n) is 14.3. The molecule has 0 heterocycles. The van der Waals surface area contributed by atoms with Crippen LogP contribution in [0.3, 0.4) is 0 Å². The Morgan fingerprint density at radius 2 is 1.68 bits per heavy atom. The molecule has 3 N–H and O–H groups in total. The predicted molar refractivity (Wildman–Crippen MR) is 92.6 cm³/mol. The van der Waals surface area contributed by atoms with Crippen LogP contribution in [0.1, 0.15) is 42.1 Å². The van der Waals surface area contributed by atoms with E-state index in [4.69, 9.17) is 9.47 Å². The summed E-state index contributed by atoms with van der Waals surface area (Å²) in [6, 6.07) is 7.38. The van der Waals surface area contributed by atoms with Crippen molar-refractivity contribution in [2.75, 3.05) is 7.11 Å². The minimum absolute atomic E-state index is 0.0955. The van der Waals surface area contributed by atoms with Crippen LogP contribution < -0.4 is 9.47 Å². The summed E-state index contributed by atoms with van der Waals surface area (Å²) in [5.41, 5.74) is 0.992. The second kappa shape index (κ2) is 8.28. The van der Waals surface area contributed by atoms with Crippen LogP contribution in [-0.4, -0.2) is 28.4 Å². The maximum atomic E-state index is 12.2. The van der Waals surface area contributed by atoms with E-state index >= 15 is 0 Å². The molecule has 0 saturated carbocycles. The van der Waals surface area contributed by atoms with Crippen molar-refractivity contribution < 1.29 is 29.6 Å². The van der Waals surface area contributed by atoms with Crippen molar-refractivity contribution in [3.8, 4) is 28.7 Å². The summed E-state index contributed by atoms with van der Waals surface area (Å²) in [5, 5.41) is 28.3. The van der Waals surface area contributed by atoms with Gasteiger partial charge in [0.2, 0.25) is 0 Å². The van der Waals surface area contributed by atoms with Crippen molar-refractivity contribution >= 4 is 5.97 Å². The first kappa shape index (κ1) is 18.4. The zero-order valence-corrected chi connectivity index (χ0v) is 14.3. The third-order valence-electron chi connectivity index (χ3n) is 3.81. The van der Waals surface area contributed by atoms with Gasteiger partial charge in [0.05, 0.1) is 12.7 Å². The Labute approximate surface area is 146 Å². The SMILES string of the molecule is CCCCCc1ccc(OC(=O)c2cc(O)c(O)c(O)c2)c(OC)c1. The van der Waals surface area contributed by atoms with E-state index in [1.165, 1.54) is 7.11 Å². The quantitative estimate of drug-likeness (QED) is 0.306. The van der Waals surface area contributed by atoms with Crippen molar-refractivity contribution in [1.29, 1.82) is 0 Å². The van der Waals surface area contributed by atoms with Crippen LogP contribution in [0.25, 0.3) is 0 Å². The topological polar surface area (TPSA) is 96.2 Å². The largest absolute Gasteiger partial charge is 0.504 e. The molecule has 0 bridgehead atoms. The number of esters is 1. The first-order valence-electron chi connectivity index (χ1n) is 8.10. The molecule has 0 aromatic heterocycles. The van der Waals surface area contributed by atoms with Crippen LogP contribution in [0.4, 0.5) is 0 Å². The van der Waals surface area contributed by atoms with Gasteiger partial charge in [-0.25, -0.2) is 4.79 Å². The fourth-order valence-corrected chi connectivity index (χ4v) is 2.41. The summed E-state index contributed by atoms with van der Waals surface area (Å²) in [6.45, 7) is 2.14. The monoisotopic (exact) mass is 346 g/mol. The van der Waals surface area contributed by atoms with Gasteiger partial charge in [0, 0.05) is 0 Å². The minimum atomic E-state index is -0.789. The Morgan fingerprint density at radius 1 is 1.00 bits per heavy atom. The van der Waals surface area contributed by atoms with Crippen LogP contribution in [0.15, 0.2) is 30.3 Å². The second-order valence-electron chi connectivity index (χ2n) is 5.69. The standard InChI is InChI=1S/C19H22O6/c1-3-4-5-6-12-7-8-16(17(9-12)24-2)25-19(23)13-10-14(20)18(22)15(21)11-13/h7-11,20-22H,3-6H2,1-2H3. The number of methoxy groups -OCH3 is 1. The molecule has 6 nitrogen and oxygen atoms in total. The Hall–Kier alpha value is -2.89. The number of ether oxygens (including phenoxy) is 2. The fourth-order valence-electron chi connectivity index (χ4n) is 2.41. The maximum absolute atomic E-state index is 12.2. The molecule has 0 aliphatic heterocycles. The van der Waals surface area contributed by atoms with E-state index in [9.17, 15) is 20.1 Å². The molecule has 134 valence electrons. The molecule has 6 heteroatoms. The van der Waals surface area contributed by atoms with Crippen LogP contribution in [0.5, 0.6) is 28.7 Å². The highest BCUT2D eigenvalue weighted by molar-refractivity contribution is 5.92. The summed E-state index contributed by atoms with van der Waals surface area (Å²) in [6.07, 6.45) is 4.27. The molecule has 0 saturated heterocycles. The van der Waals surface area contributed by atoms with Gasteiger partial charge in [-0.3, -0.25) is 0 Å². The van der Waals surface area contributed by atoms with Gasteiger partial charge in [0.15, 0.2) is 28.7 Å². The molecule has 0 fully saturated rings. The Kier molecular flexibility index (Phi) is 6.11. The van der Waals surface area contributed by atoms with Crippen molar-refractivity contribution in [2.24, 2.45) is 0 Å². The molecule has 0 amide bonds. The average molecular weight is 346 g/mol. The lowest BCUT2D eigenvalue weighted by atomic mass is 10.1. The molecular weight excluding hydrogens is 324 g/mol. The number of carbonyl (C=O) groups is 1. The lowest BCUT2D eigenvalue weighted by Crippen LogP contribution is -2.09. The van der Waals surface area contributed by atoms with E-state index < -0.39 is 23.2 Å². The van der Waals surface area contributed by atoms with E-state index in [1.54, 1.807) is 6.07 Å². The first-order valence-corrected chi connectivity index (χ1v) is 8.10. The molecule has 0 unspecified atom stereocenters. The molecule has 0 spiro atoms. The lowest BCUT2D eigenvalue weighted by Gasteiger charge is -2.12. The number of unbranched alkanes of at least 4 members (excludes halogenated alkanes) is 2. The van der Waals surface area contributed by atoms with Gasteiger partial charge in [0.25, 0.3) is 0 Å². The van der Waals surface area contributed by atoms with Gasteiger partial charge in [-0.2, -0.15) is 0 Å². The predicted octanol–water partition coefficient (Wildman–Crippen LogP) is 3.76. The molecule has 2 aromatic rings. The Bertz CT molecular complexity index is 731. The van der Waals surface area contributed by atoms with Crippen molar-refractivity contribution in [2.45, 2.75) is 32.6 Å². The van der Waals surface area contributed by atoms with Gasteiger partial charge in [-0.1, -0.05) is 25.8 Å². The van der Waals surface area contributed by atoms with Crippen LogP contribution in [-0.2, 0) is 6.42 Å². The highest BCUT2D eigenvalue weighted by Gasteiger charge is 2.17. The summed E-state index contributed by atoms with van der Waals surface area (Å²) >= 11 is 0. The van der Waals surface area contributed by atoms with Crippen LogP contribution in [0.2, 0.25) is 0 Å². The molecule has 0 aliphatic carbocycles. The normalized spacial score (nSPS) is 10.5. The minimum Gasteiger partial charge on any atom is -0.504 e. The van der Waals surface area contributed by atoms with Crippen LogP contribution >= 0.6 is 0 Å². The molecule has 2 rings (SSSR count). The van der Waals surface area contributed by atoms with Crippen LogP contribution in [0, 0.1) is 0 Å². The van der Waals surface area contributed by atoms with Gasteiger partial charge in [-0.05, 0) is 42.7 Å². The fraction of sp³-hybridized carbons (Fsp3) is 0.316. The smallest absolute Gasteiger partial charge is 0.343 e. The number of phenolic OH excluding ortho intramolecular Hbond substituents is 3.